The minimum absolute atomic E-state index is 0.0157. The van der Waals surface area contributed by atoms with Gasteiger partial charge in [0.1, 0.15) is 6.54 Å². The number of carbonyl (C=O) groups excluding carboxylic acids is 2. The number of nitrogens with one attached hydrogen (secondary N) is 1. The van der Waals surface area contributed by atoms with Gasteiger partial charge in [-0.25, -0.2) is 0 Å². The van der Waals surface area contributed by atoms with Crippen molar-refractivity contribution in [1.29, 1.82) is 0 Å². The molecule has 1 N–H and O–H groups in total. The second-order valence-electron chi connectivity index (χ2n) is 9.23. The van der Waals surface area contributed by atoms with Crippen LogP contribution in [-0.4, -0.2) is 47.2 Å². The summed E-state index contributed by atoms with van der Waals surface area (Å²) in [6, 6.07) is 30.2. The predicted octanol–water partition coefficient (Wildman–Crippen LogP) is 5.62. The summed E-state index contributed by atoms with van der Waals surface area (Å²) < 4.78 is 0. The van der Waals surface area contributed by atoms with Gasteiger partial charge in [-0.15, -0.1) is 0 Å². The number of amides is 2. The molecule has 1 aliphatic heterocycles. The summed E-state index contributed by atoms with van der Waals surface area (Å²) in [5, 5.41) is 3.37. The fourth-order valence-corrected chi connectivity index (χ4v) is 5.15. The molecule has 35 heavy (non-hydrogen) atoms. The molecule has 0 radical (unpaired) electrons. The lowest BCUT2D eigenvalue weighted by Crippen LogP contribution is -2.39. The van der Waals surface area contributed by atoms with Gasteiger partial charge in [-0.1, -0.05) is 72.8 Å². The van der Waals surface area contributed by atoms with E-state index in [1.807, 2.05) is 48.5 Å². The Morgan fingerprint density at radius 3 is 2.43 bits per heavy atom. The third-order valence-corrected chi connectivity index (χ3v) is 6.92. The van der Waals surface area contributed by atoms with E-state index in [9.17, 15) is 9.59 Å². The summed E-state index contributed by atoms with van der Waals surface area (Å²) in [5.74, 6) is -0.223. The molecule has 0 aliphatic carbocycles. The largest absolute Gasteiger partial charge is 0.354 e. The predicted molar refractivity (Wildman–Crippen MR) is 139 cm³/mol. The van der Waals surface area contributed by atoms with Crippen LogP contribution in [0, 0.1) is 0 Å². The quantitative estimate of drug-likeness (QED) is 0.379. The second-order valence-corrected chi connectivity index (χ2v) is 9.23. The highest BCUT2D eigenvalue weighted by molar-refractivity contribution is 6.04. The molecule has 0 saturated heterocycles. The molecule has 0 bridgehead atoms. The normalized spacial score (nSPS) is 15.1. The SMILES string of the molecule is CN(C)C(=O)CN1C(=O)c2ccccc2[C@@H]1c1c(-c2ccc3ccccc3c2)[nH]c2ccccc12. The Hall–Kier alpha value is -4.38. The van der Waals surface area contributed by atoms with Crippen molar-refractivity contribution in [2.75, 3.05) is 20.6 Å². The Balaban J connectivity index is 1.61. The third kappa shape index (κ3) is 3.39. The highest BCUT2D eigenvalue weighted by Crippen LogP contribution is 2.45. The molecule has 5 heteroatoms. The number of benzene rings is 4. The maximum absolute atomic E-state index is 13.6. The van der Waals surface area contributed by atoms with Crippen LogP contribution >= 0.6 is 0 Å². The Morgan fingerprint density at radius 2 is 1.60 bits per heavy atom. The van der Waals surface area contributed by atoms with Crippen molar-refractivity contribution in [2.45, 2.75) is 6.04 Å². The van der Waals surface area contributed by atoms with E-state index in [2.05, 4.69) is 47.4 Å². The average Bonchev–Trinajstić information content (AvgIpc) is 3.39. The summed E-state index contributed by atoms with van der Waals surface area (Å²) in [7, 11) is 3.44. The van der Waals surface area contributed by atoms with Gasteiger partial charge in [0.2, 0.25) is 5.91 Å². The van der Waals surface area contributed by atoms with Crippen molar-refractivity contribution in [3.8, 4) is 11.3 Å². The van der Waals surface area contributed by atoms with E-state index in [-0.39, 0.29) is 24.4 Å². The molecular weight excluding hydrogens is 434 g/mol. The molecular formula is C30H25N3O2. The lowest BCUT2D eigenvalue weighted by Gasteiger charge is -2.27. The fourth-order valence-electron chi connectivity index (χ4n) is 5.15. The first kappa shape index (κ1) is 21.2. The molecule has 1 atom stereocenters. The first-order valence-electron chi connectivity index (χ1n) is 11.7. The van der Waals surface area contributed by atoms with Gasteiger partial charge < -0.3 is 14.8 Å². The lowest BCUT2D eigenvalue weighted by molar-refractivity contribution is -0.129. The number of rotatable bonds is 4. The number of hydrogen-bond acceptors (Lipinski definition) is 2. The first-order chi connectivity index (χ1) is 17.0. The van der Waals surface area contributed by atoms with E-state index >= 15 is 0 Å². The van der Waals surface area contributed by atoms with E-state index in [1.54, 1.807) is 19.0 Å². The van der Waals surface area contributed by atoms with Crippen LogP contribution in [0.15, 0.2) is 91.0 Å². The van der Waals surface area contributed by atoms with Gasteiger partial charge in [0.05, 0.1) is 11.7 Å². The van der Waals surface area contributed by atoms with E-state index in [0.717, 1.165) is 38.7 Å². The number of aromatic nitrogens is 1. The zero-order valence-electron chi connectivity index (χ0n) is 19.7. The van der Waals surface area contributed by atoms with Gasteiger partial charge in [0, 0.05) is 36.1 Å². The van der Waals surface area contributed by atoms with Gasteiger partial charge in [-0.05, 0) is 40.1 Å². The Morgan fingerprint density at radius 1 is 0.886 bits per heavy atom. The number of para-hydroxylation sites is 1. The Kier molecular flexibility index (Phi) is 4.92. The van der Waals surface area contributed by atoms with E-state index < -0.39 is 0 Å². The van der Waals surface area contributed by atoms with Crippen LogP contribution in [0.5, 0.6) is 0 Å². The van der Waals surface area contributed by atoms with Crippen LogP contribution < -0.4 is 0 Å². The molecule has 2 amide bonds. The van der Waals surface area contributed by atoms with Gasteiger partial charge >= 0.3 is 0 Å². The van der Waals surface area contributed by atoms with Gasteiger partial charge in [0.15, 0.2) is 0 Å². The highest BCUT2D eigenvalue weighted by Gasteiger charge is 2.41. The molecule has 1 aliphatic rings. The number of likely N-dealkylation sites (N-methyl/N-ethyl adjacent to an activating group) is 1. The van der Waals surface area contributed by atoms with Crippen LogP contribution in [0.3, 0.4) is 0 Å². The molecule has 0 fully saturated rings. The Bertz CT molecular complexity index is 1610. The maximum atomic E-state index is 13.6. The minimum atomic E-state index is -0.375. The number of aromatic amines is 1. The molecule has 6 rings (SSSR count). The van der Waals surface area contributed by atoms with Gasteiger partial charge in [-0.3, -0.25) is 9.59 Å². The summed E-state index contributed by atoms with van der Waals surface area (Å²) in [6.07, 6.45) is 0. The third-order valence-electron chi connectivity index (χ3n) is 6.92. The molecule has 172 valence electrons. The van der Waals surface area contributed by atoms with E-state index in [1.165, 1.54) is 10.3 Å². The molecule has 1 aromatic heterocycles. The lowest BCUT2D eigenvalue weighted by atomic mass is 9.92. The summed E-state index contributed by atoms with van der Waals surface area (Å²) in [5.41, 5.74) is 5.61. The van der Waals surface area contributed by atoms with Crippen molar-refractivity contribution in [2.24, 2.45) is 0 Å². The van der Waals surface area contributed by atoms with Crippen LogP contribution in [-0.2, 0) is 4.79 Å². The van der Waals surface area contributed by atoms with Crippen molar-refractivity contribution < 1.29 is 9.59 Å². The smallest absolute Gasteiger partial charge is 0.255 e. The molecule has 0 spiro atoms. The van der Waals surface area contributed by atoms with Crippen molar-refractivity contribution in [1.82, 2.24) is 14.8 Å². The monoisotopic (exact) mass is 459 g/mol. The molecule has 5 aromatic rings. The number of H-pyrrole nitrogens is 1. The number of fused-ring (bicyclic) bond motifs is 3. The van der Waals surface area contributed by atoms with Gasteiger partial charge in [-0.2, -0.15) is 0 Å². The summed E-state index contributed by atoms with van der Waals surface area (Å²) in [6.45, 7) is 0.0157. The number of carbonyl (C=O) groups is 2. The molecule has 5 nitrogen and oxygen atoms in total. The second kappa shape index (κ2) is 8.13. The maximum Gasteiger partial charge on any atom is 0.255 e. The fraction of sp³-hybridized carbons (Fsp3) is 0.133. The van der Waals surface area contributed by atoms with E-state index in [4.69, 9.17) is 0 Å². The molecule has 0 saturated carbocycles. The number of nitrogens with zero attached hydrogens (tertiary/aromatic N) is 2. The van der Waals surface area contributed by atoms with Crippen LogP contribution in [0.25, 0.3) is 32.9 Å². The summed E-state index contributed by atoms with van der Waals surface area (Å²) >= 11 is 0. The molecule has 2 heterocycles. The number of hydrogen-bond donors (Lipinski definition) is 1. The zero-order valence-corrected chi connectivity index (χ0v) is 19.7. The Labute approximate surface area is 203 Å². The van der Waals surface area contributed by atoms with Gasteiger partial charge in [0.25, 0.3) is 5.91 Å². The highest BCUT2D eigenvalue weighted by atomic mass is 16.2. The summed E-state index contributed by atoms with van der Waals surface area (Å²) in [4.78, 5) is 33.2. The topological polar surface area (TPSA) is 56.4 Å². The molecule has 0 unspecified atom stereocenters. The standard InChI is InChI=1S/C30H25N3O2/c1-32(2)26(34)18-33-29(22-11-5-6-12-23(22)30(33)35)27-24-13-7-8-14-25(24)31-28(27)21-16-15-19-9-3-4-10-20(19)17-21/h3-17,29,31H,18H2,1-2H3/t29-/m1/s1. The average molecular weight is 460 g/mol. The zero-order chi connectivity index (χ0) is 24.1. The van der Waals surface area contributed by atoms with Crippen LogP contribution in [0.2, 0.25) is 0 Å². The van der Waals surface area contributed by atoms with Crippen LogP contribution in [0.4, 0.5) is 0 Å². The minimum Gasteiger partial charge on any atom is -0.354 e. The first-order valence-corrected chi connectivity index (χ1v) is 11.7. The van der Waals surface area contributed by atoms with Crippen molar-refractivity contribution in [3.05, 3.63) is 108 Å². The van der Waals surface area contributed by atoms with E-state index in [0.29, 0.717) is 5.56 Å². The van der Waals surface area contributed by atoms with Crippen molar-refractivity contribution in [3.63, 3.8) is 0 Å². The molecule has 4 aromatic carbocycles. The van der Waals surface area contributed by atoms with Crippen LogP contribution in [0.1, 0.15) is 27.5 Å². The van der Waals surface area contributed by atoms with Crippen molar-refractivity contribution >= 4 is 33.5 Å².